The quantitative estimate of drug-likeness (QED) is 0.469. The summed E-state index contributed by atoms with van der Waals surface area (Å²) in [5.74, 6) is -3.36. The molecule has 1 atom stereocenters. The lowest BCUT2D eigenvalue weighted by atomic mass is 9.92. The van der Waals surface area contributed by atoms with E-state index in [9.17, 15) is 19.2 Å². The Kier molecular flexibility index (Phi) is 7.58. The van der Waals surface area contributed by atoms with Gasteiger partial charge in [-0.3, -0.25) is 19.2 Å². The van der Waals surface area contributed by atoms with Crippen LogP contribution in [0.3, 0.4) is 0 Å². The highest BCUT2D eigenvalue weighted by Gasteiger charge is 2.28. The van der Waals surface area contributed by atoms with Crippen LogP contribution in [0.15, 0.2) is 0 Å². The first-order chi connectivity index (χ1) is 8.46. The van der Waals surface area contributed by atoms with E-state index in [-0.39, 0.29) is 13.0 Å². The normalized spacial score (nSPS) is 11.5. The molecule has 0 aromatic rings. The standard InChI is InChI=1S/C12H18O6/c1-4-8(9(13)6-11(15)17-3)10(14)7-12(16)18-5-2/h8H,4-7H2,1-3H3. The number of carbonyl (C=O) groups excluding carboxylic acids is 4. The second-order valence-corrected chi connectivity index (χ2v) is 3.63. The van der Waals surface area contributed by atoms with E-state index in [0.29, 0.717) is 0 Å². The number of ketones is 2. The van der Waals surface area contributed by atoms with Gasteiger partial charge in [0.25, 0.3) is 0 Å². The Hall–Kier alpha value is -1.72. The minimum absolute atomic E-state index is 0.180. The van der Waals surface area contributed by atoms with Crippen molar-refractivity contribution in [1.82, 2.24) is 0 Å². The van der Waals surface area contributed by atoms with Gasteiger partial charge in [0.2, 0.25) is 0 Å². The number of Topliss-reactive ketones (excluding diaryl/α,β-unsaturated/α-hetero) is 2. The zero-order chi connectivity index (χ0) is 14.1. The van der Waals surface area contributed by atoms with E-state index < -0.39 is 42.3 Å². The molecule has 0 aliphatic rings. The van der Waals surface area contributed by atoms with Crippen molar-refractivity contribution < 1.29 is 28.7 Å². The van der Waals surface area contributed by atoms with Gasteiger partial charge in [-0.1, -0.05) is 6.92 Å². The number of hydrogen-bond acceptors (Lipinski definition) is 6. The molecule has 0 saturated heterocycles. The minimum atomic E-state index is -0.950. The monoisotopic (exact) mass is 258 g/mol. The Morgan fingerprint density at radius 3 is 1.83 bits per heavy atom. The molecule has 0 rings (SSSR count). The van der Waals surface area contributed by atoms with Crippen LogP contribution in [0.2, 0.25) is 0 Å². The molecule has 6 nitrogen and oxygen atoms in total. The molecule has 18 heavy (non-hydrogen) atoms. The van der Waals surface area contributed by atoms with E-state index >= 15 is 0 Å². The Labute approximate surface area is 106 Å². The van der Waals surface area contributed by atoms with Crippen molar-refractivity contribution >= 4 is 23.5 Å². The topological polar surface area (TPSA) is 86.7 Å². The average Bonchev–Trinajstić information content (AvgIpc) is 2.29. The number of carbonyl (C=O) groups is 4. The first-order valence-electron chi connectivity index (χ1n) is 5.74. The number of methoxy groups -OCH3 is 1. The Morgan fingerprint density at radius 1 is 0.944 bits per heavy atom. The Balaban J connectivity index is 4.47. The largest absolute Gasteiger partial charge is 0.469 e. The third kappa shape index (κ3) is 5.56. The van der Waals surface area contributed by atoms with E-state index in [1.165, 1.54) is 0 Å². The Morgan fingerprint density at radius 2 is 1.44 bits per heavy atom. The molecule has 0 N–H and O–H groups in total. The third-order valence-electron chi connectivity index (χ3n) is 2.36. The van der Waals surface area contributed by atoms with Crippen LogP contribution < -0.4 is 0 Å². The van der Waals surface area contributed by atoms with Gasteiger partial charge in [-0.15, -0.1) is 0 Å². The molecule has 0 spiro atoms. The summed E-state index contributed by atoms with van der Waals surface area (Å²) < 4.78 is 8.98. The lowest BCUT2D eigenvalue weighted by Crippen LogP contribution is -2.28. The number of esters is 2. The van der Waals surface area contributed by atoms with Gasteiger partial charge in [0, 0.05) is 0 Å². The van der Waals surface area contributed by atoms with Crippen LogP contribution in [0, 0.1) is 5.92 Å². The van der Waals surface area contributed by atoms with Crippen LogP contribution >= 0.6 is 0 Å². The molecule has 0 aromatic heterocycles. The van der Waals surface area contributed by atoms with Gasteiger partial charge in [-0.25, -0.2) is 0 Å². The summed E-state index contributed by atoms with van der Waals surface area (Å²) in [6, 6.07) is 0. The summed E-state index contributed by atoms with van der Waals surface area (Å²) in [6.45, 7) is 3.45. The van der Waals surface area contributed by atoms with Crippen molar-refractivity contribution in [3.8, 4) is 0 Å². The fraction of sp³-hybridized carbons (Fsp3) is 0.667. The molecule has 0 saturated carbocycles. The summed E-state index contributed by atoms with van der Waals surface area (Å²) in [7, 11) is 1.16. The maximum atomic E-state index is 11.7. The van der Waals surface area contributed by atoms with Crippen molar-refractivity contribution in [2.24, 2.45) is 5.92 Å². The molecule has 0 bridgehead atoms. The van der Waals surface area contributed by atoms with Crippen LogP contribution in [0.25, 0.3) is 0 Å². The maximum absolute atomic E-state index is 11.7. The lowest BCUT2D eigenvalue weighted by Gasteiger charge is -2.11. The van der Waals surface area contributed by atoms with Crippen molar-refractivity contribution in [1.29, 1.82) is 0 Å². The molecule has 0 amide bonds. The summed E-state index contributed by atoms with van der Waals surface area (Å²) in [5.41, 5.74) is 0. The SMILES string of the molecule is CCOC(=O)CC(=O)C(CC)C(=O)CC(=O)OC. The predicted octanol–water partition coefficient (Wildman–Crippen LogP) is 0.667. The fourth-order valence-electron chi connectivity index (χ4n) is 1.45. The zero-order valence-electron chi connectivity index (χ0n) is 10.9. The van der Waals surface area contributed by atoms with E-state index in [2.05, 4.69) is 9.47 Å². The van der Waals surface area contributed by atoms with Crippen LogP contribution in [0.4, 0.5) is 0 Å². The highest BCUT2D eigenvalue weighted by molar-refractivity contribution is 6.11. The molecule has 0 aromatic carbocycles. The average molecular weight is 258 g/mol. The molecular formula is C12H18O6. The number of rotatable bonds is 8. The van der Waals surface area contributed by atoms with Crippen LogP contribution in [0.5, 0.6) is 0 Å². The molecule has 0 radical (unpaired) electrons. The lowest BCUT2D eigenvalue weighted by molar-refractivity contribution is -0.147. The molecule has 1 unspecified atom stereocenters. The van der Waals surface area contributed by atoms with E-state index in [4.69, 9.17) is 0 Å². The van der Waals surface area contributed by atoms with Gasteiger partial charge >= 0.3 is 11.9 Å². The molecular weight excluding hydrogens is 240 g/mol. The van der Waals surface area contributed by atoms with Gasteiger partial charge in [-0.05, 0) is 13.3 Å². The molecule has 102 valence electrons. The van der Waals surface area contributed by atoms with Gasteiger partial charge in [0.1, 0.15) is 12.8 Å². The minimum Gasteiger partial charge on any atom is -0.469 e. The summed E-state index contributed by atoms with van der Waals surface area (Å²) in [4.78, 5) is 45.4. The van der Waals surface area contributed by atoms with Gasteiger partial charge < -0.3 is 9.47 Å². The highest BCUT2D eigenvalue weighted by atomic mass is 16.5. The summed E-state index contributed by atoms with van der Waals surface area (Å²) in [6.07, 6.45) is -0.656. The number of ether oxygens (including phenoxy) is 2. The van der Waals surface area contributed by atoms with Crippen molar-refractivity contribution in [2.75, 3.05) is 13.7 Å². The van der Waals surface area contributed by atoms with Gasteiger partial charge in [0.15, 0.2) is 11.6 Å². The number of hydrogen-bond donors (Lipinski definition) is 0. The third-order valence-corrected chi connectivity index (χ3v) is 2.36. The van der Waals surface area contributed by atoms with E-state index in [1.54, 1.807) is 13.8 Å². The molecule has 0 aliphatic heterocycles. The van der Waals surface area contributed by atoms with Crippen LogP contribution in [0.1, 0.15) is 33.1 Å². The first-order valence-corrected chi connectivity index (χ1v) is 5.74. The van der Waals surface area contributed by atoms with Crippen LogP contribution in [-0.2, 0) is 28.7 Å². The second-order valence-electron chi connectivity index (χ2n) is 3.63. The zero-order valence-corrected chi connectivity index (χ0v) is 10.9. The van der Waals surface area contributed by atoms with Crippen molar-refractivity contribution in [3.63, 3.8) is 0 Å². The highest BCUT2D eigenvalue weighted by Crippen LogP contribution is 2.12. The molecule has 0 aliphatic carbocycles. The first kappa shape index (κ1) is 16.3. The predicted molar refractivity (Wildman–Crippen MR) is 61.7 cm³/mol. The van der Waals surface area contributed by atoms with E-state index in [1.807, 2.05) is 0 Å². The van der Waals surface area contributed by atoms with Gasteiger partial charge in [-0.2, -0.15) is 0 Å². The summed E-state index contributed by atoms with van der Waals surface area (Å²) in [5, 5.41) is 0. The molecule has 0 heterocycles. The molecule has 6 heteroatoms. The molecule has 0 fully saturated rings. The van der Waals surface area contributed by atoms with Crippen molar-refractivity contribution in [2.45, 2.75) is 33.1 Å². The van der Waals surface area contributed by atoms with Crippen LogP contribution in [-0.4, -0.2) is 37.2 Å². The maximum Gasteiger partial charge on any atom is 0.313 e. The fourth-order valence-corrected chi connectivity index (χ4v) is 1.45. The smallest absolute Gasteiger partial charge is 0.313 e. The van der Waals surface area contributed by atoms with Crippen molar-refractivity contribution in [3.05, 3.63) is 0 Å². The van der Waals surface area contributed by atoms with Gasteiger partial charge in [0.05, 0.1) is 19.6 Å². The Bertz CT molecular complexity index is 333. The van der Waals surface area contributed by atoms with E-state index in [0.717, 1.165) is 7.11 Å². The summed E-state index contributed by atoms with van der Waals surface area (Å²) >= 11 is 0. The second kappa shape index (κ2) is 8.38.